The van der Waals surface area contributed by atoms with Crippen LogP contribution < -0.4 is 16.4 Å². The summed E-state index contributed by atoms with van der Waals surface area (Å²) in [6.07, 6.45) is 8.81. The number of fused-ring (bicyclic) bond motifs is 1. The molecule has 4 rings (SSSR count). The minimum Gasteiger partial charge on any atom is -0.349 e. The number of aromatic amines is 1. The quantitative estimate of drug-likeness (QED) is 0.862. The molecule has 1 amide bonds. The highest BCUT2D eigenvalue weighted by Crippen LogP contribution is 2.28. The zero-order valence-corrected chi connectivity index (χ0v) is 15.2. The average Bonchev–Trinajstić information content (AvgIpc) is 2.68. The molecule has 0 bridgehead atoms. The summed E-state index contributed by atoms with van der Waals surface area (Å²) in [6.45, 7) is 0. The second kappa shape index (κ2) is 7.50. The van der Waals surface area contributed by atoms with Crippen molar-refractivity contribution in [1.29, 1.82) is 0 Å². The molecule has 0 spiro atoms. The van der Waals surface area contributed by atoms with Gasteiger partial charge in [-0.1, -0.05) is 0 Å². The Labute approximate surface area is 156 Å². The third kappa shape index (κ3) is 3.72. The summed E-state index contributed by atoms with van der Waals surface area (Å²) >= 11 is 0. The number of rotatable bonds is 3. The topological polar surface area (TPSA) is 96.8 Å². The summed E-state index contributed by atoms with van der Waals surface area (Å²) in [7, 11) is 0. The van der Waals surface area contributed by atoms with Crippen LogP contribution in [0.1, 0.15) is 66.2 Å². The Hall–Kier alpha value is -2.70. The molecular formula is C20H24N4O3. The molecule has 2 aliphatic rings. The molecule has 7 nitrogen and oxygen atoms in total. The van der Waals surface area contributed by atoms with E-state index in [4.69, 9.17) is 0 Å². The largest absolute Gasteiger partial charge is 0.349 e. The number of H-pyrrole nitrogens is 1. The average molecular weight is 368 g/mol. The SMILES string of the molecule is O=C(NC1CCC(n2nc3c(cc2=O)CCCC3)CC1)c1ccc[nH]c1=O. The Morgan fingerprint density at radius 1 is 1.15 bits per heavy atom. The molecule has 2 aliphatic carbocycles. The fourth-order valence-electron chi connectivity index (χ4n) is 4.17. The highest BCUT2D eigenvalue weighted by atomic mass is 16.2. The number of carbonyl (C=O) groups is 1. The molecule has 2 aromatic heterocycles. The van der Waals surface area contributed by atoms with E-state index in [1.165, 1.54) is 12.3 Å². The Kier molecular flexibility index (Phi) is 4.92. The van der Waals surface area contributed by atoms with E-state index in [0.29, 0.717) is 0 Å². The van der Waals surface area contributed by atoms with Crippen LogP contribution in [0.25, 0.3) is 0 Å². The number of aryl methyl sites for hydroxylation is 2. The van der Waals surface area contributed by atoms with Crippen molar-refractivity contribution < 1.29 is 4.79 Å². The van der Waals surface area contributed by atoms with Crippen LogP contribution in [0.2, 0.25) is 0 Å². The summed E-state index contributed by atoms with van der Waals surface area (Å²) < 4.78 is 1.66. The van der Waals surface area contributed by atoms with Crippen LogP contribution in [0.5, 0.6) is 0 Å². The summed E-state index contributed by atoms with van der Waals surface area (Å²) in [6, 6.07) is 5.02. The molecule has 2 N–H and O–H groups in total. The van der Waals surface area contributed by atoms with Crippen LogP contribution in [0.3, 0.4) is 0 Å². The van der Waals surface area contributed by atoms with Gasteiger partial charge in [-0.05, 0) is 69.1 Å². The molecule has 0 aliphatic heterocycles. The molecule has 27 heavy (non-hydrogen) atoms. The van der Waals surface area contributed by atoms with Crippen LogP contribution in [0.15, 0.2) is 34.0 Å². The van der Waals surface area contributed by atoms with Crippen LogP contribution in [0.4, 0.5) is 0 Å². The van der Waals surface area contributed by atoms with E-state index in [1.807, 2.05) is 0 Å². The number of hydrogen-bond acceptors (Lipinski definition) is 4. The summed E-state index contributed by atoms with van der Waals surface area (Å²) in [4.78, 5) is 39.0. The van der Waals surface area contributed by atoms with Gasteiger partial charge in [0.1, 0.15) is 5.56 Å². The predicted octanol–water partition coefficient (Wildman–Crippen LogP) is 1.72. The third-order valence-corrected chi connectivity index (χ3v) is 5.67. The Balaban J connectivity index is 1.41. The van der Waals surface area contributed by atoms with Crippen molar-refractivity contribution >= 4 is 5.91 Å². The lowest BCUT2D eigenvalue weighted by atomic mass is 9.90. The Morgan fingerprint density at radius 2 is 1.93 bits per heavy atom. The first-order valence-electron chi connectivity index (χ1n) is 9.72. The first-order chi connectivity index (χ1) is 13.1. The maximum Gasteiger partial charge on any atom is 0.267 e. The fourth-order valence-corrected chi connectivity index (χ4v) is 4.17. The number of aromatic nitrogens is 3. The lowest BCUT2D eigenvalue weighted by Crippen LogP contribution is -2.41. The summed E-state index contributed by atoms with van der Waals surface area (Å²) in [5.41, 5.74) is 1.91. The molecule has 1 saturated carbocycles. The summed E-state index contributed by atoms with van der Waals surface area (Å²) in [5.74, 6) is -0.343. The van der Waals surface area contributed by atoms with Crippen LogP contribution >= 0.6 is 0 Å². The van der Waals surface area contributed by atoms with E-state index in [2.05, 4.69) is 15.4 Å². The number of hydrogen-bond donors (Lipinski definition) is 2. The Bertz CT molecular complexity index is 954. The van der Waals surface area contributed by atoms with Crippen LogP contribution in [0, 0.1) is 0 Å². The predicted molar refractivity (Wildman–Crippen MR) is 101 cm³/mol. The molecule has 7 heteroatoms. The molecule has 142 valence electrons. The van der Waals surface area contributed by atoms with Gasteiger partial charge in [-0.3, -0.25) is 14.4 Å². The molecule has 2 aromatic rings. The fraction of sp³-hybridized carbons (Fsp3) is 0.500. The molecule has 2 heterocycles. The lowest BCUT2D eigenvalue weighted by Gasteiger charge is -2.30. The van der Waals surface area contributed by atoms with Crippen molar-refractivity contribution in [2.75, 3.05) is 0 Å². The van der Waals surface area contributed by atoms with Crippen LogP contribution in [-0.4, -0.2) is 26.7 Å². The van der Waals surface area contributed by atoms with Gasteiger partial charge in [-0.2, -0.15) is 5.10 Å². The van der Waals surface area contributed by atoms with Gasteiger partial charge in [0.2, 0.25) is 0 Å². The standard InChI is InChI=1S/C20H24N4O3/c25-18-12-13-4-1-2-6-17(13)23-24(18)15-9-7-14(8-10-15)22-20(27)16-5-3-11-21-19(16)26/h3,5,11-12,14-15H,1-2,4,6-10H2,(H,21,26)(H,22,27). The molecule has 1 fully saturated rings. The van der Waals surface area contributed by atoms with Crippen molar-refractivity contribution in [1.82, 2.24) is 20.1 Å². The van der Waals surface area contributed by atoms with Crippen molar-refractivity contribution in [3.8, 4) is 0 Å². The highest BCUT2D eigenvalue weighted by Gasteiger charge is 2.26. The van der Waals surface area contributed by atoms with Crippen molar-refractivity contribution in [3.05, 3.63) is 61.9 Å². The maximum absolute atomic E-state index is 12.5. The van der Waals surface area contributed by atoms with E-state index in [-0.39, 0.29) is 34.7 Å². The number of pyridine rings is 1. The molecular weight excluding hydrogens is 344 g/mol. The first kappa shape index (κ1) is 17.7. The maximum atomic E-state index is 12.5. The van der Waals surface area contributed by atoms with Gasteiger partial charge >= 0.3 is 0 Å². The van der Waals surface area contributed by atoms with Gasteiger partial charge in [-0.25, -0.2) is 4.68 Å². The van der Waals surface area contributed by atoms with Crippen molar-refractivity contribution in [3.63, 3.8) is 0 Å². The van der Waals surface area contributed by atoms with Crippen molar-refractivity contribution in [2.45, 2.75) is 63.5 Å². The van der Waals surface area contributed by atoms with Gasteiger partial charge in [0, 0.05) is 18.3 Å². The van der Waals surface area contributed by atoms with Crippen molar-refractivity contribution in [2.24, 2.45) is 0 Å². The van der Waals surface area contributed by atoms with E-state index in [9.17, 15) is 14.4 Å². The van der Waals surface area contributed by atoms with E-state index >= 15 is 0 Å². The van der Waals surface area contributed by atoms with E-state index in [1.54, 1.807) is 16.8 Å². The number of nitrogens with zero attached hydrogens (tertiary/aromatic N) is 2. The van der Waals surface area contributed by atoms with Gasteiger partial charge in [-0.15, -0.1) is 0 Å². The second-order valence-electron chi connectivity index (χ2n) is 7.50. The smallest absolute Gasteiger partial charge is 0.267 e. The van der Waals surface area contributed by atoms with Gasteiger partial charge < -0.3 is 10.3 Å². The minimum atomic E-state index is -0.381. The van der Waals surface area contributed by atoms with Gasteiger partial charge in [0.25, 0.3) is 17.0 Å². The lowest BCUT2D eigenvalue weighted by molar-refractivity contribution is 0.0919. The number of amides is 1. The summed E-state index contributed by atoms with van der Waals surface area (Å²) in [5, 5.41) is 7.60. The normalized spacial score (nSPS) is 22.1. The molecule has 0 atom stereocenters. The number of carbonyl (C=O) groups excluding carboxylic acids is 1. The van der Waals surface area contributed by atoms with Gasteiger partial charge in [0.05, 0.1) is 11.7 Å². The first-order valence-corrected chi connectivity index (χ1v) is 9.72. The molecule has 0 radical (unpaired) electrons. The number of nitrogens with one attached hydrogen (secondary N) is 2. The Morgan fingerprint density at radius 3 is 2.70 bits per heavy atom. The van der Waals surface area contributed by atoms with E-state index < -0.39 is 0 Å². The zero-order chi connectivity index (χ0) is 18.8. The highest BCUT2D eigenvalue weighted by molar-refractivity contribution is 5.93. The van der Waals surface area contributed by atoms with E-state index in [0.717, 1.165) is 62.6 Å². The molecule has 0 aromatic carbocycles. The third-order valence-electron chi connectivity index (χ3n) is 5.67. The zero-order valence-electron chi connectivity index (χ0n) is 15.2. The van der Waals surface area contributed by atoms with Gasteiger partial charge in [0.15, 0.2) is 0 Å². The molecule has 0 unspecified atom stereocenters. The minimum absolute atomic E-state index is 0.0149. The van der Waals surface area contributed by atoms with Crippen LogP contribution in [-0.2, 0) is 12.8 Å². The molecule has 0 saturated heterocycles. The monoisotopic (exact) mass is 368 g/mol. The second-order valence-corrected chi connectivity index (χ2v) is 7.50.